The van der Waals surface area contributed by atoms with Crippen molar-refractivity contribution in [3.8, 4) is 0 Å². The molecule has 4 nitrogen and oxygen atoms in total. The minimum absolute atomic E-state index is 0.0451. The number of carbonyl (C=O) groups excluding carboxylic acids is 1. The van der Waals surface area contributed by atoms with Gasteiger partial charge in [0, 0.05) is 29.9 Å². The van der Waals surface area contributed by atoms with Gasteiger partial charge in [0.15, 0.2) is 5.78 Å². The maximum atomic E-state index is 12.9. The monoisotopic (exact) mass is 295 g/mol. The summed E-state index contributed by atoms with van der Waals surface area (Å²) in [6, 6.07) is 13.8. The van der Waals surface area contributed by atoms with Crippen LogP contribution in [0.25, 0.3) is 0 Å². The molecule has 0 unspecified atom stereocenters. The van der Waals surface area contributed by atoms with Crippen molar-refractivity contribution in [2.45, 2.75) is 12.8 Å². The van der Waals surface area contributed by atoms with Crippen molar-refractivity contribution >= 4 is 17.4 Å². The number of benzene rings is 2. The number of carboxylic acid groups (broad SMARTS) is 1. The molecule has 2 aromatic carbocycles. The lowest BCUT2D eigenvalue weighted by Gasteiger charge is -2.21. The molecule has 4 heteroatoms. The molecule has 1 fully saturated rings. The van der Waals surface area contributed by atoms with Crippen LogP contribution in [0, 0.1) is 0 Å². The Labute approximate surface area is 129 Å². The zero-order valence-corrected chi connectivity index (χ0v) is 12.2. The van der Waals surface area contributed by atoms with Gasteiger partial charge in [-0.05, 0) is 31.0 Å². The predicted octanol–water partition coefficient (Wildman–Crippen LogP) is 3.22. The molecule has 112 valence electrons. The summed E-state index contributed by atoms with van der Waals surface area (Å²) in [6.45, 7) is 1.87. The molecule has 22 heavy (non-hydrogen) atoms. The van der Waals surface area contributed by atoms with Gasteiger partial charge in [0.05, 0.1) is 5.56 Å². The third-order valence-electron chi connectivity index (χ3n) is 4.00. The normalized spacial score (nSPS) is 14.1. The number of rotatable bonds is 4. The number of ketones is 1. The molecule has 0 radical (unpaired) electrons. The van der Waals surface area contributed by atoms with E-state index < -0.39 is 5.97 Å². The fourth-order valence-electron chi connectivity index (χ4n) is 2.91. The van der Waals surface area contributed by atoms with Crippen molar-refractivity contribution < 1.29 is 14.7 Å². The summed E-state index contributed by atoms with van der Waals surface area (Å²) in [5.74, 6) is -1.32. The summed E-state index contributed by atoms with van der Waals surface area (Å²) in [4.78, 5) is 26.4. The smallest absolute Gasteiger partial charge is 0.336 e. The first kappa shape index (κ1) is 14.3. The highest BCUT2D eigenvalue weighted by molar-refractivity contribution is 6.16. The molecule has 1 saturated heterocycles. The Morgan fingerprint density at radius 3 is 2.00 bits per heavy atom. The summed E-state index contributed by atoms with van der Waals surface area (Å²) >= 11 is 0. The van der Waals surface area contributed by atoms with Gasteiger partial charge in [0.25, 0.3) is 0 Å². The lowest BCUT2D eigenvalue weighted by Crippen LogP contribution is -2.21. The second kappa shape index (κ2) is 6.02. The number of carbonyl (C=O) groups is 2. The largest absolute Gasteiger partial charge is 0.478 e. The number of anilines is 1. The van der Waals surface area contributed by atoms with Gasteiger partial charge in [-0.15, -0.1) is 0 Å². The first-order chi connectivity index (χ1) is 10.7. The zero-order chi connectivity index (χ0) is 15.5. The van der Waals surface area contributed by atoms with E-state index in [2.05, 4.69) is 4.90 Å². The Morgan fingerprint density at radius 2 is 1.36 bits per heavy atom. The van der Waals surface area contributed by atoms with Gasteiger partial charge in [-0.1, -0.05) is 30.3 Å². The topological polar surface area (TPSA) is 57.6 Å². The Bertz CT molecular complexity index is 718. The molecule has 0 bridgehead atoms. The molecular formula is C18H17NO3. The Morgan fingerprint density at radius 1 is 0.818 bits per heavy atom. The van der Waals surface area contributed by atoms with E-state index in [1.165, 1.54) is 6.07 Å². The van der Waals surface area contributed by atoms with Crippen molar-refractivity contribution in [2.75, 3.05) is 18.0 Å². The Kier molecular flexibility index (Phi) is 3.92. The summed E-state index contributed by atoms with van der Waals surface area (Å²) in [5.41, 5.74) is 1.74. The van der Waals surface area contributed by atoms with Crippen molar-refractivity contribution in [3.63, 3.8) is 0 Å². The highest BCUT2D eigenvalue weighted by atomic mass is 16.4. The van der Waals surface area contributed by atoms with Crippen LogP contribution in [0.5, 0.6) is 0 Å². The summed E-state index contributed by atoms with van der Waals surface area (Å²) in [7, 11) is 0. The van der Waals surface area contributed by atoms with Crippen molar-refractivity contribution in [3.05, 3.63) is 65.2 Å². The Balaban J connectivity index is 2.05. The van der Waals surface area contributed by atoms with E-state index in [1.54, 1.807) is 24.3 Å². The van der Waals surface area contributed by atoms with Crippen LogP contribution in [-0.2, 0) is 0 Å². The molecule has 0 aromatic heterocycles. The number of hydrogen-bond acceptors (Lipinski definition) is 3. The quantitative estimate of drug-likeness (QED) is 0.880. The minimum atomic E-state index is -1.08. The third kappa shape index (κ3) is 2.60. The Hall–Kier alpha value is -2.62. The van der Waals surface area contributed by atoms with Gasteiger partial charge in [-0.25, -0.2) is 4.79 Å². The van der Waals surface area contributed by atoms with Crippen LogP contribution in [-0.4, -0.2) is 29.9 Å². The molecule has 1 aliphatic rings. The number of aromatic carboxylic acids is 1. The standard InChI is InChI=1S/C18H17NO3/c20-17(13-7-1-2-8-14(13)18(21)22)15-9-3-4-10-16(15)19-11-5-6-12-19/h1-4,7-10H,5-6,11-12H2,(H,21,22). The molecule has 2 aromatic rings. The van der Waals surface area contributed by atoms with Gasteiger partial charge in [0.1, 0.15) is 0 Å². The van der Waals surface area contributed by atoms with Crippen LogP contribution >= 0.6 is 0 Å². The molecule has 0 amide bonds. The van der Waals surface area contributed by atoms with Crippen LogP contribution < -0.4 is 4.90 Å². The van der Waals surface area contributed by atoms with Gasteiger partial charge in [-0.2, -0.15) is 0 Å². The number of nitrogens with zero attached hydrogens (tertiary/aromatic N) is 1. The summed E-state index contributed by atoms with van der Waals surface area (Å²) < 4.78 is 0. The van der Waals surface area contributed by atoms with Crippen molar-refractivity contribution in [2.24, 2.45) is 0 Å². The van der Waals surface area contributed by atoms with Crippen LogP contribution in [0.2, 0.25) is 0 Å². The fourth-order valence-corrected chi connectivity index (χ4v) is 2.91. The zero-order valence-electron chi connectivity index (χ0n) is 12.2. The maximum Gasteiger partial charge on any atom is 0.336 e. The van der Waals surface area contributed by atoms with Crippen LogP contribution in [0.1, 0.15) is 39.1 Å². The number of carboxylic acids is 1. The van der Waals surface area contributed by atoms with Gasteiger partial charge in [0.2, 0.25) is 0 Å². The van der Waals surface area contributed by atoms with E-state index in [1.807, 2.05) is 18.2 Å². The molecule has 3 rings (SSSR count). The third-order valence-corrected chi connectivity index (χ3v) is 4.00. The SMILES string of the molecule is O=C(O)c1ccccc1C(=O)c1ccccc1N1CCCC1. The molecule has 0 aliphatic carbocycles. The molecule has 0 atom stereocenters. The molecule has 0 spiro atoms. The van der Waals surface area contributed by atoms with E-state index in [0.717, 1.165) is 31.6 Å². The predicted molar refractivity (Wildman–Crippen MR) is 84.7 cm³/mol. The molecule has 1 heterocycles. The molecular weight excluding hydrogens is 278 g/mol. The molecule has 1 aliphatic heterocycles. The highest BCUT2D eigenvalue weighted by Crippen LogP contribution is 2.27. The van der Waals surface area contributed by atoms with E-state index in [4.69, 9.17) is 0 Å². The van der Waals surface area contributed by atoms with E-state index in [9.17, 15) is 14.7 Å². The van der Waals surface area contributed by atoms with Crippen LogP contribution in [0.4, 0.5) is 5.69 Å². The number of hydrogen-bond donors (Lipinski definition) is 1. The van der Waals surface area contributed by atoms with E-state index >= 15 is 0 Å². The average molecular weight is 295 g/mol. The second-order valence-electron chi connectivity index (χ2n) is 5.39. The van der Waals surface area contributed by atoms with E-state index in [-0.39, 0.29) is 16.9 Å². The van der Waals surface area contributed by atoms with Gasteiger partial charge in [-0.3, -0.25) is 4.79 Å². The average Bonchev–Trinajstić information content (AvgIpc) is 3.08. The first-order valence-electron chi connectivity index (χ1n) is 7.39. The summed E-state index contributed by atoms with van der Waals surface area (Å²) in [5, 5.41) is 9.28. The van der Waals surface area contributed by atoms with Crippen molar-refractivity contribution in [1.82, 2.24) is 0 Å². The fraction of sp³-hybridized carbons (Fsp3) is 0.222. The van der Waals surface area contributed by atoms with Gasteiger partial charge < -0.3 is 10.0 Å². The lowest BCUT2D eigenvalue weighted by molar-refractivity contribution is 0.0693. The summed E-state index contributed by atoms with van der Waals surface area (Å²) in [6.07, 6.45) is 2.24. The maximum absolute atomic E-state index is 12.9. The van der Waals surface area contributed by atoms with Gasteiger partial charge >= 0.3 is 5.97 Å². The lowest BCUT2D eigenvalue weighted by atomic mass is 9.97. The molecule has 0 saturated carbocycles. The van der Waals surface area contributed by atoms with Crippen molar-refractivity contribution in [1.29, 1.82) is 0 Å². The molecule has 1 N–H and O–H groups in total. The second-order valence-corrected chi connectivity index (χ2v) is 5.39. The highest BCUT2D eigenvalue weighted by Gasteiger charge is 2.22. The minimum Gasteiger partial charge on any atom is -0.478 e. The van der Waals surface area contributed by atoms with Crippen LogP contribution in [0.3, 0.4) is 0 Å². The first-order valence-corrected chi connectivity index (χ1v) is 7.39. The van der Waals surface area contributed by atoms with Crippen LogP contribution in [0.15, 0.2) is 48.5 Å². The van der Waals surface area contributed by atoms with E-state index in [0.29, 0.717) is 5.56 Å². The number of para-hydroxylation sites is 1.